The van der Waals surface area contributed by atoms with Gasteiger partial charge in [0.2, 0.25) is 5.71 Å². The molecule has 0 N–H and O–H groups in total. The molecule has 0 spiro atoms. The topological polar surface area (TPSA) is 90.9 Å². The van der Waals surface area contributed by atoms with Gasteiger partial charge in [0.1, 0.15) is 33.4 Å². The fourth-order valence-corrected chi connectivity index (χ4v) is 5.63. The molecule has 7 nitrogen and oxygen atoms in total. The number of benzene rings is 2. The molecule has 1 saturated carbocycles. The van der Waals surface area contributed by atoms with Crippen molar-refractivity contribution >= 4 is 20.9 Å². The molecule has 0 bridgehead atoms. The molecule has 1 aliphatic rings. The first-order chi connectivity index (χ1) is 16.9. The summed E-state index contributed by atoms with van der Waals surface area (Å²) in [6.07, 6.45) is 5.62. The summed E-state index contributed by atoms with van der Waals surface area (Å²) in [5.41, 5.74) is 4.13. The van der Waals surface area contributed by atoms with Crippen molar-refractivity contribution in [1.29, 1.82) is 0 Å². The average Bonchev–Trinajstić information content (AvgIpc) is 3.43. The largest absolute Gasteiger partial charge is 0.438 e. The minimum absolute atomic E-state index is 0.0377. The van der Waals surface area contributed by atoms with Crippen LogP contribution in [-0.2, 0) is 9.84 Å². The monoisotopic (exact) mass is 488 g/mol. The van der Waals surface area contributed by atoms with Gasteiger partial charge in [-0.05, 0) is 43.2 Å². The van der Waals surface area contributed by atoms with E-state index < -0.39 is 9.84 Å². The van der Waals surface area contributed by atoms with E-state index in [1.54, 1.807) is 12.1 Å². The maximum atomic E-state index is 13.6. The maximum absolute atomic E-state index is 13.6. The van der Waals surface area contributed by atoms with Gasteiger partial charge in [0.25, 0.3) is 0 Å². The number of nitrogens with zero attached hydrogens (tertiary/aromatic N) is 4. The maximum Gasteiger partial charge on any atom is 0.230 e. The van der Waals surface area contributed by atoms with E-state index in [1.807, 2.05) is 47.3 Å². The summed E-state index contributed by atoms with van der Waals surface area (Å²) < 4.78 is 45.3. The highest BCUT2D eigenvalue weighted by Crippen LogP contribution is 2.41. The van der Waals surface area contributed by atoms with Gasteiger partial charge >= 0.3 is 0 Å². The van der Waals surface area contributed by atoms with Crippen LogP contribution in [0, 0.1) is 5.82 Å². The lowest BCUT2D eigenvalue weighted by molar-refractivity contribution is 0.291. The fourth-order valence-electron chi connectivity index (χ4n) is 4.49. The third-order valence-corrected chi connectivity index (χ3v) is 8.14. The zero-order chi connectivity index (χ0) is 24.2. The van der Waals surface area contributed by atoms with Gasteiger partial charge in [-0.1, -0.05) is 30.3 Å². The molecular weight excluding hydrogens is 467 g/mol. The minimum Gasteiger partial charge on any atom is -0.438 e. The van der Waals surface area contributed by atoms with Gasteiger partial charge < -0.3 is 4.42 Å². The molecule has 0 saturated heterocycles. The predicted octanol–water partition coefficient (Wildman–Crippen LogP) is 5.31. The van der Waals surface area contributed by atoms with E-state index in [-0.39, 0.29) is 17.1 Å². The second-order valence-electron chi connectivity index (χ2n) is 8.87. The molecule has 2 aromatic carbocycles. The molecule has 5 aromatic rings. The van der Waals surface area contributed by atoms with Gasteiger partial charge in [-0.25, -0.2) is 22.8 Å². The van der Waals surface area contributed by atoms with Gasteiger partial charge in [0.05, 0.1) is 22.4 Å². The molecular formula is C26H21FN4O3S. The summed E-state index contributed by atoms with van der Waals surface area (Å²) in [4.78, 5) is 8.88. The van der Waals surface area contributed by atoms with Gasteiger partial charge in [0, 0.05) is 29.1 Å². The van der Waals surface area contributed by atoms with Gasteiger partial charge in [-0.2, -0.15) is 5.10 Å². The Morgan fingerprint density at radius 3 is 2.43 bits per heavy atom. The summed E-state index contributed by atoms with van der Waals surface area (Å²) in [5.74, 6) is 0.338. The van der Waals surface area contributed by atoms with Crippen LogP contribution in [0.1, 0.15) is 18.9 Å². The quantitative estimate of drug-likeness (QED) is 0.333. The first kappa shape index (κ1) is 21.7. The van der Waals surface area contributed by atoms with E-state index in [2.05, 4.69) is 9.97 Å². The van der Waals surface area contributed by atoms with Crippen molar-refractivity contribution in [3.05, 3.63) is 79.0 Å². The molecule has 1 fully saturated rings. The summed E-state index contributed by atoms with van der Waals surface area (Å²) in [7, 11) is -3.09. The number of hydrogen-bond donors (Lipinski definition) is 0. The molecule has 9 heteroatoms. The van der Waals surface area contributed by atoms with Crippen LogP contribution in [0.2, 0.25) is 0 Å². The van der Waals surface area contributed by atoms with Crippen molar-refractivity contribution in [1.82, 2.24) is 19.7 Å². The van der Waals surface area contributed by atoms with E-state index in [0.717, 1.165) is 22.1 Å². The van der Waals surface area contributed by atoms with Gasteiger partial charge in [0.15, 0.2) is 0 Å². The molecule has 35 heavy (non-hydrogen) atoms. The van der Waals surface area contributed by atoms with Gasteiger partial charge in [-0.3, -0.25) is 4.68 Å². The number of halogens is 1. The number of hydrogen-bond acceptors (Lipinski definition) is 6. The zero-order valence-corrected chi connectivity index (χ0v) is 19.6. The zero-order valence-electron chi connectivity index (χ0n) is 18.8. The molecule has 3 aromatic heterocycles. The molecule has 0 unspecified atom stereocenters. The second-order valence-corrected chi connectivity index (χ2v) is 11.2. The Hall–Kier alpha value is -3.85. The number of furan rings is 1. The number of aromatic nitrogens is 4. The summed E-state index contributed by atoms with van der Waals surface area (Å²) >= 11 is 0. The van der Waals surface area contributed by atoms with Crippen LogP contribution in [-0.4, -0.2) is 39.7 Å². The Balaban J connectivity index is 1.48. The van der Waals surface area contributed by atoms with E-state index >= 15 is 0 Å². The molecule has 6 rings (SSSR count). The van der Waals surface area contributed by atoms with E-state index in [1.165, 1.54) is 24.7 Å². The van der Waals surface area contributed by atoms with Crippen molar-refractivity contribution in [2.75, 3.05) is 6.26 Å². The lowest BCUT2D eigenvalue weighted by atomic mass is 9.92. The van der Waals surface area contributed by atoms with Crippen LogP contribution in [0.15, 0.2) is 77.6 Å². The molecule has 176 valence electrons. The van der Waals surface area contributed by atoms with E-state index in [4.69, 9.17) is 9.52 Å². The van der Waals surface area contributed by atoms with Crippen molar-refractivity contribution in [2.24, 2.45) is 0 Å². The minimum atomic E-state index is -3.09. The summed E-state index contributed by atoms with van der Waals surface area (Å²) in [6.45, 7) is 0. The molecule has 0 radical (unpaired) electrons. The van der Waals surface area contributed by atoms with Crippen LogP contribution in [0.3, 0.4) is 0 Å². The number of rotatable bonds is 5. The van der Waals surface area contributed by atoms with Crippen molar-refractivity contribution in [3.8, 4) is 33.8 Å². The Morgan fingerprint density at radius 1 is 0.971 bits per heavy atom. The lowest BCUT2D eigenvalue weighted by Crippen LogP contribution is -2.37. The molecule has 0 atom stereocenters. The normalized spacial score (nSPS) is 18.0. The summed E-state index contributed by atoms with van der Waals surface area (Å²) in [5, 5.41) is 5.18. The third-order valence-electron chi connectivity index (χ3n) is 6.54. The van der Waals surface area contributed by atoms with Crippen LogP contribution in [0.5, 0.6) is 0 Å². The smallest absolute Gasteiger partial charge is 0.230 e. The number of sulfone groups is 1. The van der Waals surface area contributed by atoms with E-state index in [0.29, 0.717) is 35.7 Å². The van der Waals surface area contributed by atoms with Crippen LogP contribution >= 0.6 is 0 Å². The van der Waals surface area contributed by atoms with Crippen molar-refractivity contribution in [3.63, 3.8) is 0 Å². The molecule has 0 aliphatic heterocycles. The average molecular weight is 489 g/mol. The first-order valence-electron chi connectivity index (χ1n) is 11.2. The highest BCUT2D eigenvalue weighted by atomic mass is 32.2. The van der Waals surface area contributed by atoms with Crippen LogP contribution in [0.4, 0.5) is 4.39 Å². The highest BCUT2D eigenvalue weighted by Gasteiger charge is 2.38. The Kier molecular flexibility index (Phi) is 5.03. The fraction of sp³-hybridized carbons (Fsp3) is 0.192. The van der Waals surface area contributed by atoms with Gasteiger partial charge in [-0.15, -0.1) is 0 Å². The predicted molar refractivity (Wildman–Crippen MR) is 131 cm³/mol. The second kappa shape index (κ2) is 8.13. The van der Waals surface area contributed by atoms with Crippen LogP contribution < -0.4 is 0 Å². The molecule has 1 aliphatic carbocycles. The Bertz CT molecular complexity index is 1640. The first-order valence-corrected chi connectivity index (χ1v) is 13.2. The van der Waals surface area contributed by atoms with Crippen molar-refractivity contribution < 1.29 is 17.2 Å². The summed E-state index contributed by atoms with van der Waals surface area (Å²) in [6, 6.07) is 17.7. The third kappa shape index (κ3) is 3.91. The number of fused-ring (bicyclic) bond motifs is 1. The Morgan fingerprint density at radius 2 is 1.71 bits per heavy atom. The standard InChI is InChI=1S/C26H21FN4O3S/c1-35(32,33)20-11-19(12-20)31-14-22(24(30-31)17-7-9-18(27)10-8-17)25-21-13-23(16-5-3-2-4-6-16)34-26(21)29-15-28-25/h2-10,13-15,19-20H,11-12H2,1H3. The molecule has 0 amide bonds. The van der Waals surface area contributed by atoms with E-state index in [9.17, 15) is 12.8 Å². The Labute approximate surface area is 201 Å². The van der Waals surface area contributed by atoms with Crippen molar-refractivity contribution in [2.45, 2.75) is 24.1 Å². The van der Waals surface area contributed by atoms with Crippen LogP contribution in [0.25, 0.3) is 44.9 Å². The highest BCUT2D eigenvalue weighted by molar-refractivity contribution is 7.91. The SMILES string of the molecule is CS(=O)(=O)C1CC(n2cc(-c3ncnc4oc(-c5ccccc5)cc34)c(-c3ccc(F)cc3)n2)C1. The lowest BCUT2D eigenvalue weighted by Gasteiger charge is -2.33. The molecule has 3 heterocycles.